The standard InChI is InChI=1S/C25H30IN5O2/c1-17(16-29(2)3)30-10-12-31(13-11-30)20-7-5-19(6-8-20)27-15-23-22-14-18(26)4-9-21(22)24(32)28-25(23)33/h4-9,14-15,17H,10-13,16H2,1-3H3,(H2,28,32,33). The van der Waals surface area contributed by atoms with Crippen molar-refractivity contribution in [3.63, 3.8) is 0 Å². The normalized spacial score (nSPS) is 16.2. The number of pyridine rings is 1. The van der Waals surface area contributed by atoms with Crippen LogP contribution in [0.5, 0.6) is 5.88 Å². The van der Waals surface area contributed by atoms with Gasteiger partial charge in [-0.2, -0.15) is 0 Å². The average molecular weight is 559 g/mol. The zero-order chi connectivity index (χ0) is 23.5. The van der Waals surface area contributed by atoms with Gasteiger partial charge in [0.25, 0.3) is 5.56 Å². The second-order valence-corrected chi connectivity index (χ2v) is 10.1. The van der Waals surface area contributed by atoms with Gasteiger partial charge in [0.2, 0.25) is 5.88 Å². The van der Waals surface area contributed by atoms with E-state index in [1.165, 1.54) is 5.69 Å². The van der Waals surface area contributed by atoms with Crippen molar-refractivity contribution in [1.82, 2.24) is 14.8 Å². The fourth-order valence-corrected chi connectivity index (χ4v) is 4.88. The van der Waals surface area contributed by atoms with E-state index in [1.54, 1.807) is 12.3 Å². The number of nitrogens with zero attached hydrogens (tertiary/aromatic N) is 4. The predicted molar refractivity (Wildman–Crippen MR) is 144 cm³/mol. The Morgan fingerprint density at radius 1 is 1.12 bits per heavy atom. The third-order valence-electron chi connectivity index (χ3n) is 6.13. The number of aromatic amines is 1. The van der Waals surface area contributed by atoms with Crippen molar-refractivity contribution in [2.24, 2.45) is 4.99 Å². The molecule has 1 aromatic heterocycles. The van der Waals surface area contributed by atoms with Gasteiger partial charge in [-0.3, -0.25) is 19.7 Å². The van der Waals surface area contributed by atoms with Crippen LogP contribution in [0.4, 0.5) is 11.4 Å². The smallest absolute Gasteiger partial charge is 0.258 e. The van der Waals surface area contributed by atoms with Crippen LogP contribution in [-0.4, -0.2) is 79.0 Å². The molecule has 1 aliphatic heterocycles. The summed E-state index contributed by atoms with van der Waals surface area (Å²) in [7, 11) is 4.25. The number of aromatic nitrogens is 1. The van der Waals surface area contributed by atoms with Gasteiger partial charge in [-0.15, -0.1) is 0 Å². The molecule has 33 heavy (non-hydrogen) atoms. The molecular weight excluding hydrogens is 529 g/mol. The lowest BCUT2D eigenvalue weighted by atomic mass is 10.1. The fraction of sp³-hybridized carbons (Fsp3) is 0.360. The third kappa shape index (κ3) is 5.56. The van der Waals surface area contributed by atoms with Crippen molar-refractivity contribution in [3.05, 3.63) is 62.0 Å². The topological polar surface area (TPSA) is 75.2 Å². The maximum atomic E-state index is 12.2. The number of nitrogens with one attached hydrogen (secondary N) is 1. The highest BCUT2D eigenvalue weighted by atomic mass is 127. The summed E-state index contributed by atoms with van der Waals surface area (Å²) in [6, 6.07) is 14.2. The monoisotopic (exact) mass is 559 g/mol. The van der Waals surface area contributed by atoms with Gasteiger partial charge in [0.05, 0.1) is 11.3 Å². The number of halogens is 1. The number of fused-ring (bicyclic) bond motifs is 1. The van der Waals surface area contributed by atoms with E-state index in [2.05, 4.69) is 80.4 Å². The Labute approximate surface area is 207 Å². The summed E-state index contributed by atoms with van der Waals surface area (Å²) in [5.74, 6) is -0.170. The third-order valence-corrected chi connectivity index (χ3v) is 6.80. The summed E-state index contributed by atoms with van der Waals surface area (Å²) < 4.78 is 0.986. The van der Waals surface area contributed by atoms with Gasteiger partial charge in [-0.25, -0.2) is 0 Å². The first-order valence-corrected chi connectivity index (χ1v) is 12.2. The molecule has 0 saturated carbocycles. The lowest BCUT2D eigenvalue weighted by Gasteiger charge is -2.39. The van der Waals surface area contributed by atoms with Crippen molar-refractivity contribution in [2.75, 3.05) is 51.7 Å². The molecule has 0 aliphatic carbocycles. The Bertz CT molecular complexity index is 1200. The molecule has 0 radical (unpaired) electrons. The summed E-state index contributed by atoms with van der Waals surface area (Å²) in [4.78, 5) is 26.4. The van der Waals surface area contributed by atoms with Crippen LogP contribution in [0.3, 0.4) is 0 Å². The van der Waals surface area contributed by atoms with Gasteiger partial charge in [-0.05, 0) is 86.1 Å². The average Bonchev–Trinajstić information content (AvgIpc) is 2.79. The van der Waals surface area contributed by atoms with Crippen LogP contribution in [-0.2, 0) is 0 Å². The first-order chi connectivity index (χ1) is 15.8. The number of piperazine rings is 1. The lowest BCUT2D eigenvalue weighted by molar-refractivity contribution is 0.165. The maximum Gasteiger partial charge on any atom is 0.258 e. The van der Waals surface area contributed by atoms with Gasteiger partial charge in [0.15, 0.2) is 0 Å². The molecular formula is C25H30IN5O2. The summed E-state index contributed by atoms with van der Waals surface area (Å²) >= 11 is 2.19. The summed E-state index contributed by atoms with van der Waals surface area (Å²) in [5.41, 5.74) is 2.19. The molecule has 4 rings (SSSR count). The van der Waals surface area contributed by atoms with Gasteiger partial charge in [0, 0.05) is 65.0 Å². The molecule has 1 atom stereocenters. The molecule has 1 unspecified atom stereocenters. The van der Waals surface area contributed by atoms with Crippen molar-refractivity contribution in [2.45, 2.75) is 13.0 Å². The summed E-state index contributed by atoms with van der Waals surface area (Å²) in [6.07, 6.45) is 1.61. The van der Waals surface area contributed by atoms with Crippen LogP contribution in [0, 0.1) is 3.57 Å². The largest absolute Gasteiger partial charge is 0.494 e. The SMILES string of the molecule is CC(CN(C)C)N1CCN(c2ccc(N=Cc3c(O)[nH]c(=O)c4ccc(I)cc34)cc2)CC1. The van der Waals surface area contributed by atoms with E-state index in [9.17, 15) is 9.90 Å². The van der Waals surface area contributed by atoms with Crippen molar-refractivity contribution >= 4 is 51.0 Å². The van der Waals surface area contributed by atoms with E-state index >= 15 is 0 Å². The molecule has 3 aromatic rings. The molecule has 0 spiro atoms. The van der Waals surface area contributed by atoms with Crippen LogP contribution in [0.1, 0.15) is 12.5 Å². The minimum absolute atomic E-state index is 0.170. The van der Waals surface area contributed by atoms with E-state index in [0.29, 0.717) is 22.4 Å². The molecule has 1 aliphatic rings. The van der Waals surface area contributed by atoms with Crippen LogP contribution in [0.15, 0.2) is 52.3 Å². The fourth-order valence-electron chi connectivity index (χ4n) is 4.39. The molecule has 2 aromatic carbocycles. The van der Waals surface area contributed by atoms with Crippen molar-refractivity contribution in [1.29, 1.82) is 0 Å². The molecule has 1 fully saturated rings. The number of aliphatic imine (C=N–C) groups is 1. The number of hydrogen-bond donors (Lipinski definition) is 2. The molecule has 0 bridgehead atoms. The van der Waals surface area contributed by atoms with Crippen LogP contribution in [0.25, 0.3) is 10.8 Å². The van der Waals surface area contributed by atoms with Crippen molar-refractivity contribution < 1.29 is 5.11 Å². The highest BCUT2D eigenvalue weighted by Gasteiger charge is 2.21. The lowest BCUT2D eigenvalue weighted by Crippen LogP contribution is -2.51. The van der Waals surface area contributed by atoms with Crippen LogP contribution in [0.2, 0.25) is 0 Å². The quantitative estimate of drug-likeness (QED) is 0.357. The Hall–Kier alpha value is -2.43. The maximum absolute atomic E-state index is 12.2. The van der Waals surface area contributed by atoms with Crippen LogP contribution >= 0.6 is 22.6 Å². The van der Waals surface area contributed by atoms with E-state index in [0.717, 1.165) is 42.0 Å². The molecule has 2 heterocycles. The van der Waals surface area contributed by atoms with E-state index in [-0.39, 0.29) is 11.4 Å². The van der Waals surface area contributed by atoms with Crippen molar-refractivity contribution in [3.8, 4) is 5.88 Å². The number of H-pyrrole nitrogens is 1. The number of anilines is 1. The number of rotatable bonds is 6. The van der Waals surface area contributed by atoms with E-state index in [4.69, 9.17) is 0 Å². The summed E-state index contributed by atoms with van der Waals surface area (Å²) in [6.45, 7) is 7.52. The Morgan fingerprint density at radius 3 is 2.48 bits per heavy atom. The number of aromatic hydroxyl groups is 1. The first-order valence-electron chi connectivity index (χ1n) is 11.1. The Balaban J connectivity index is 1.46. The Morgan fingerprint density at radius 2 is 1.82 bits per heavy atom. The first kappa shape index (κ1) is 23.7. The minimum Gasteiger partial charge on any atom is -0.494 e. The molecule has 7 nitrogen and oxygen atoms in total. The van der Waals surface area contributed by atoms with Gasteiger partial charge in [0.1, 0.15) is 0 Å². The molecule has 8 heteroatoms. The van der Waals surface area contributed by atoms with Crippen LogP contribution < -0.4 is 10.5 Å². The number of likely N-dealkylation sites (N-methyl/N-ethyl adjacent to an activating group) is 1. The zero-order valence-electron chi connectivity index (χ0n) is 19.3. The highest BCUT2D eigenvalue weighted by molar-refractivity contribution is 14.1. The molecule has 2 N–H and O–H groups in total. The predicted octanol–water partition coefficient (Wildman–Crippen LogP) is 3.66. The molecule has 174 valence electrons. The second kappa shape index (κ2) is 10.2. The van der Waals surface area contributed by atoms with Gasteiger partial charge in [-0.1, -0.05) is 0 Å². The number of benzene rings is 2. The number of hydrogen-bond acceptors (Lipinski definition) is 6. The summed E-state index contributed by atoms with van der Waals surface area (Å²) in [5, 5.41) is 11.5. The molecule has 1 saturated heterocycles. The van der Waals surface area contributed by atoms with Gasteiger partial charge >= 0.3 is 0 Å². The van der Waals surface area contributed by atoms with E-state index in [1.807, 2.05) is 24.3 Å². The minimum atomic E-state index is -0.309. The van der Waals surface area contributed by atoms with Gasteiger partial charge < -0.3 is 14.9 Å². The highest BCUT2D eigenvalue weighted by Crippen LogP contribution is 2.25. The molecule has 0 amide bonds. The van der Waals surface area contributed by atoms with E-state index < -0.39 is 0 Å². The second-order valence-electron chi connectivity index (χ2n) is 8.82. The zero-order valence-corrected chi connectivity index (χ0v) is 21.4. The Kier molecular flexibility index (Phi) is 7.35.